The van der Waals surface area contributed by atoms with E-state index >= 15 is 0 Å². The van der Waals surface area contributed by atoms with Crippen LogP contribution in [0.4, 0.5) is 35.4 Å². The highest BCUT2D eigenvalue weighted by Crippen LogP contribution is 2.36. The van der Waals surface area contributed by atoms with Crippen LogP contribution in [0.1, 0.15) is 18.9 Å². The van der Waals surface area contributed by atoms with E-state index in [0.29, 0.717) is 37.0 Å². The van der Waals surface area contributed by atoms with Crippen LogP contribution < -0.4 is 25.4 Å². The first-order valence-corrected chi connectivity index (χ1v) is 13.4. The van der Waals surface area contributed by atoms with Gasteiger partial charge < -0.3 is 20.3 Å². The fraction of sp³-hybridized carbons (Fsp3) is 0.522. The van der Waals surface area contributed by atoms with Gasteiger partial charge in [-0.05, 0) is 37.5 Å². The Balaban J connectivity index is 1.38. The molecule has 1 aromatic heterocycles. The van der Waals surface area contributed by atoms with Crippen LogP contribution in [0.3, 0.4) is 0 Å². The van der Waals surface area contributed by atoms with Gasteiger partial charge in [-0.3, -0.25) is 9.36 Å². The maximum Gasteiger partial charge on any atom is 0.408 e. The van der Waals surface area contributed by atoms with E-state index in [9.17, 15) is 22.8 Å². The third-order valence-corrected chi connectivity index (χ3v) is 8.68. The van der Waals surface area contributed by atoms with Gasteiger partial charge in [-0.1, -0.05) is 12.1 Å². The fourth-order valence-electron chi connectivity index (χ4n) is 4.78. The number of anilines is 3. The number of fused-ring (bicyclic) bond motifs is 3. The standard InChI is InChI=1S/C23H27F3N6O3S/c1-2-27-21(34)28-16-5-3-15(4-6-16)7-9-30-18(23(24,25)26)8-10-31-20(33)11-19(29-22(30)31)32-12-17-13-36(32)14-35-17/h3-6,11,17-18H,2,7-10,12-14H2,1H3,(H-,27,28,34)/p+1/t17-,18+,36?/m1/s1. The molecule has 3 aliphatic heterocycles. The monoisotopic (exact) mass is 525 g/mol. The van der Waals surface area contributed by atoms with Crippen LogP contribution in [0.2, 0.25) is 0 Å². The summed E-state index contributed by atoms with van der Waals surface area (Å²) in [7, 11) is 0. The quantitative estimate of drug-likeness (QED) is 0.564. The Labute approximate surface area is 209 Å². The number of hydrogen-bond acceptors (Lipinski definition) is 6. The van der Waals surface area contributed by atoms with Crippen LogP contribution in [0.15, 0.2) is 35.1 Å². The Bertz CT molecular complexity index is 1180. The lowest BCUT2D eigenvalue weighted by Gasteiger charge is -2.39. The highest BCUT2D eigenvalue weighted by atomic mass is 32.2. The number of amides is 2. The number of nitrogens with zero attached hydrogens (tertiary/aromatic N) is 4. The van der Waals surface area contributed by atoms with E-state index in [1.807, 2.05) is 11.2 Å². The van der Waals surface area contributed by atoms with Gasteiger partial charge in [0.05, 0.1) is 12.6 Å². The summed E-state index contributed by atoms with van der Waals surface area (Å²) in [4.78, 5) is 30.4. The predicted octanol–water partition coefficient (Wildman–Crippen LogP) is 2.48. The molecule has 9 nitrogen and oxygen atoms in total. The molecule has 13 heteroatoms. The van der Waals surface area contributed by atoms with Gasteiger partial charge in [-0.25, -0.2) is 4.79 Å². The summed E-state index contributed by atoms with van der Waals surface area (Å²) in [6, 6.07) is 6.35. The van der Waals surface area contributed by atoms with E-state index in [4.69, 9.17) is 4.74 Å². The first-order valence-electron chi connectivity index (χ1n) is 11.9. The van der Waals surface area contributed by atoms with E-state index in [2.05, 4.69) is 15.6 Å². The third-order valence-electron chi connectivity index (χ3n) is 6.56. The van der Waals surface area contributed by atoms with Crippen molar-refractivity contribution in [2.75, 3.05) is 45.8 Å². The number of aromatic nitrogens is 2. The van der Waals surface area contributed by atoms with Gasteiger partial charge in [-0.2, -0.15) is 22.5 Å². The highest BCUT2D eigenvalue weighted by Gasteiger charge is 2.51. The molecule has 0 radical (unpaired) electrons. The topological polar surface area (TPSA) is 91.7 Å². The van der Waals surface area contributed by atoms with Crippen LogP contribution in [0, 0.1) is 0 Å². The molecular formula is C23H28F3N6O3S+. The number of carbonyl (C=O) groups excluding carboxylic acids is 1. The molecule has 2 amide bonds. The maximum absolute atomic E-state index is 14.0. The molecule has 5 rings (SSSR count). The zero-order valence-electron chi connectivity index (χ0n) is 19.8. The number of benzene rings is 1. The number of urea groups is 1. The van der Waals surface area contributed by atoms with Crippen molar-refractivity contribution in [2.24, 2.45) is 0 Å². The highest BCUT2D eigenvalue weighted by molar-refractivity contribution is 7.98. The Kier molecular flexibility index (Phi) is 6.77. The molecule has 1 unspecified atom stereocenters. The van der Waals surface area contributed by atoms with Crippen LogP contribution in [0.25, 0.3) is 0 Å². The van der Waals surface area contributed by atoms with Crippen molar-refractivity contribution in [1.82, 2.24) is 14.9 Å². The molecular weight excluding hydrogens is 497 g/mol. The Morgan fingerprint density at radius 1 is 1.28 bits per heavy atom. The number of hydrogen-bond donors (Lipinski definition) is 2. The van der Waals surface area contributed by atoms with Gasteiger partial charge in [0.2, 0.25) is 11.9 Å². The lowest BCUT2D eigenvalue weighted by atomic mass is 10.1. The molecule has 0 aliphatic carbocycles. The summed E-state index contributed by atoms with van der Waals surface area (Å²) in [5.41, 5.74) is 1.06. The van der Waals surface area contributed by atoms with Crippen LogP contribution in [0.5, 0.6) is 0 Å². The van der Waals surface area contributed by atoms with Crippen molar-refractivity contribution in [3.63, 3.8) is 0 Å². The molecule has 2 saturated heterocycles. The van der Waals surface area contributed by atoms with Gasteiger partial charge in [0.15, 0.2) is 11.6 Å². The van der Waals surface area contributed by atoms with Gasteiger partial charge >= 0.3 is 12.2 Å². The summed E-state index contributed by atoms with van der Waals surface area (Å²) in [5, 5.41) is 5.33. The average Bonchev–Trinajstić information content (AvgIpc) is 3.47. The fourth-order valence-corrected chi connectivity index (χ4v) is 6.90. The largest absolute Gasteiger partial charge is 0.408 e. The molecule has 2 bridgehead atoms. The SMILES string of the molecule is CCNC(=O)Nc1ccc(CCN2c3nc(N4C[C@@H]5C[S+]4CO5)cc(=O)n3CC[C@H]2C(F)(F)F)cc1. The second-order valence-corrected chi connectivity index (χ2v) is 10.9. The number of rotatable bonds is 6. The van der Waals surface area contributed by atoms with Crippen molar-refractivity contribution in [2.45, 2.75) is 44.6 Å². The van der Waals surface area contributed by atoms with Crippen molar-refractivity contribution in [1.29, 1.82) is 0 Å². The second-order valence-electron chi connectivity index (χ2n) is 8.97. The van der Waals surface area contributed by atoms with Gasteiger partial charge in [-0.15, -0.1) is 0 Å². The van der Waals surface area contributed by atoms with E-state index in [1.54, 1.807) is 24.3 Å². The molecule has 1 aromatic carbocycles. The smallest absolute Gasteiger partial charge is 0.338 e. The summed E-state index contributed by atoms with van der Waals surface area (Å²) in [6.07, 6.45) is -4.27. The van der Waals surface area contributed by atoms with Gasteiger partial charge in [0, 0.05) is 25.3 Å². The minimum atomic E-state index is -4.46. The molecule has 4 heterocycles. The van der Waals surface area contributed by atoms with Gasteiger partial charge in [0.25, 0.3) is 5.56 Å². The summed E-state index contributed by atoms with van der Waals surface area (Å²) >= 11 is -0.211. The molecule has 0 spiro atoms. The number of alkyl halides is 3. The average molecular weight is 526 g/mol. The molecule has 36 heavy (non-hydrogen) atoms. The first kappa shape index (κ1) is 24.8. The minimum absolute atomic E-state index is 0.0280. The molecule has 3 atom stereocenters. The number of carbonyl (C=O) groups is 1. The lowest BCUT2D eigenvalue weighted by molar-refractivity contribution is -0.152. The number of ether oxygens (including phenoxy) is 1. The molecule has 3 aliphatic rings. The third kappa shape index (κ3) is 4.99. The molecule has 2 fully saturated rings. The Morgan fingerprint density at radius 2 is 2.06 bits per heavy atom. The zero-order chi connectivity index (χ0) is 25.4. The first-order chi connectivity index (χ1) is 17.2. The Morgan fingerprint density at radius 3 is 2.69 bits per heavy atom. The Hall–Kier alpha value is -2.93. The summed E-state index contributed by atoms with van der Waals surface area (Å²) < 4.78 is 51.1. The molecule has 194 valence electrons. The van der Waals surface area contributed by atoms with E-state index in [0.717, 1.165) is 11.3 Å². The normalized spacial score (nSPS) is 23.1. The summed E-state index contributed by atoms with van der Waals surface area (Å²) in [6.45, 7) is 2.91. The minimum Gasteiger partial charge on any atom is -0.338 e. The molecule has 2 aromatic rings. The lowest BCUT2D eigenvalue weighted by Crippen LogP contribution is -2.53. The summed E-state index contributed by atoms with van der Waals surface area (Å²) in [5.74, 6) is 1.91. The predicted molar refractivity (Wildman–Crippen MR) is 132 cm³/mol. The van der Waals surface area contributed by atoms with Crippen molar-refractivity contribution in [3.8, 4) is 0 Å². The second kappa shape index (κ2) is 9.85. The van der Waals surface area contributed by atoms with Gasteiger partial charge in [0.1, 0.15) is 23.2 Å². The van der Waals surface area contributed by atoms with Crippen molar-refractivity contribution in [3.05, 3.63) is 46.2 Å². The van der Waals surface area contributed by atoms with E-state index < -0.39 is 12.2 Å². The van der Waals surface area contributed by atoms with E-state index in [-0.39, 0.29) is 54.2 Å². The van der Waals surface area contributed by atoms with Crippen LogP contribution in [-0.2, 0) is 28.8 Å². The molecule has 0 saturated carbocycles. The van der Waals surface area contributed by atoms with Crippen LogP contribution in [-0.4, -0.2) is 65.2 Å². The van der Waals surface area contributed by atoms with E-state index in [1.165, 1.54) is 15.5 Å². The van der Waals surface area contributed by atoms with Crippen LogP contribution >= 0.6 is 0 Å². The zero-order valence-corrected chi connectivity index (χ0v) is 20.6. The maximum atomic E-state index is 14.0. The van der Waals surface area contributed by atoms with Crippen molar-refractivity contribution < 1.29 is 22.7 Å². The number of nitrogens with one attached hydrogen (secondary N) is 2. The number of halogens is 3. The van der Waals surface area contributed by atoms with Crippen molar-refractivity contribution >= 4 is 34.6 Å². The molecule has 2 N–H and O–H groups in total.